The van der Waals surface area contributed by atoms with Gasteiger partial charge in [-0.1, -0.05) is 29.0 Å². The van der Waals surface area contributed by atoms with Gasteiger partial charge in [-0.3, -0.25) is 9.59 Å². The van der Waals surface area contributed by atoms with E-state index in [0.29, 0.717) is 5.69 Å². The molecule has 1 unspecified atom stereocenters. The Balaban J connectivity index is 1.66. The average molecular weight is 370 g/mol. The largest absolute Gasteiger partial charge is 0.445 e. The van der Waals surface area contributed by atoms with Crippen molar-refractivity contribution in [3.8, 4) is 0 Å². The van der Waals surface area contributed by atoms with E-state index in [0.717, 1.165) is 5.56 Å². The number of rotatable bonds is 3. The molecule has 3 rings (SSSR count). The Morgan fingerprint density at radius 2 is 1.96 bits per heavy atom. The zero-order chi connectivity index (χ0) is 18.2. The Morgan fingerprint density at radius 1 is 1.28 bits per heavy atom. The van der Waals surface area contributed by atoms with Gasteiger partial charge in [0.2, 0.25) is 22.0 Å². The molecule has 0 spiro atoms. The van der Waals surface area contributed by atoms with Gasteiger partial charge in [0.05, 0.1) is 5.92 Å². The van der Waals surface area contributed by atoms with E-state index in [2.05, 4.69) is 15.5 Å². The maximum Gasteiger partial charge on any atom is 0.445 e. The van der Waals surface area contributed by atoms with Crippen LogP contribution < -0.4 is 10.2 Å². The second kappa shape index (κ2) is 6.43. The first-order chi connectivity index (χ1) is 11.7. The Morgan fingerprint density at radius 3 is 2.56 bits per heavy atom. The van der Waals surface area contributed by atoms with Crippen LogP contribution in [0, 0.1) is 12.8 Å². The first-order valence-electron chi connectivity index (χ1n) is 7.32. The molecule has 0 saturated carbocycles. The fraction of sp³-hybridized carbons (Fsp3) is 0.333. The lowest BCUT2D eigenvalue weighted by Crippen LogP contribution is -2.28. The Bertz CT molecular complexity index is 804. The molecule has 0 radical (unpaired) electrons. The van der Waals surface area contributed by atoms with E-state index < -0.39 is 23.0 Å². The van der Waals surface area contributed by atoms with E-state index in [4.69, 9.17) is 0 Å². The maximum atomic E-state index is 12.5. The molecule has 2 aromatic rings. The highest BCUT2D eigenvalue weighted by molar-refractivity contribution is 7.15. The molecular formula is C15H13F3N4O2S. The Labute approximate surface area is 144 Å². The minimum Gasteiger partial charge on any atom is -0.312 e. The van der Waals surface area contributed by atoms with Crippen molar-refractivity contribution in [2.75, 3.05) is 16.8 Å². The lowest BCUT2D eigenvalue weighted by atomic mass is 10.1. The number of aryl methyl sites for hydroxylation is 1. The smallest absolute Gasteiger partial charge is 0.312 e. The maximum absolute atomic E-state index is 12.5. The first-order valence-corrected chi connectivity index (χ1v) is 8.14. The number of hydrogen-bond acceptors (Lipinski definition) is 5. The van der Waals surface area contributed by atoms with Gasteiger partial charge in [-0.25, -0.2) is 0 Å². The topological polar surface area (TPSA) is 75.2 Å². The van der Waals surface area contributed by atoms with Crippen molar-refractivity contribution in [2.24, 2.45) is 5.92 Å². The van der Waals surface area contributed by atoms with Gasteiger partial charge in [0.15, 0.2) is 0 Å². The number of halogens is 3. The van der Waals surface area contributed by atoms with E-state index in [-0.39, 0.29) is 35.3 Å². The normalized spacial score (nSPS) is 17.8. The molecule has 1 atom stereocenters. The number of nitrogens with one attached hydrogen (secondary N) is 1. The molecule has 1 aromatic heterocycles. The summed E-state index contributed by atoms with van der Waals surface area (Å²) >= 11 is 0.249. The highest BCUT2D eigenvalue weighted by Crippen LogP contribution is 2.33. The third kappa shape index (κ3) is 3.78. The highest BCUT2D eigenvalue weighted by atomic mass is 32.1. The van der Waals surface area contributed by atoms with E-state index >= 15 is 0 Å². The number of nitrogens with zero attached hydrogens (tertiary/aromatic N) is 3. The zero-order valence-electron chi connectivity index (χ0n) is 13.0. The average Bonchev–Trinajstić information content (AvgIpc) is 3.15. The molecule has 1 aromatic carbocycles. The molecule has 2 amide bonds. The number of alkyl halides is 3. The number of benzene rings is 1. The summed E-state index contributed by atoms with van der Waals surface area (Å²) in [4.78, 5) is 25.8. The van der Waals surface area contributed by atoms with Crippen molar-refractivity contribution >= 4 is 34.0 Å². The highest BCUT2D eigenvalue weighted by Gasteiger charge is 2.38. The molecular weight excluding hydrogens is 357 g/mol. The third-order valence-electron chi connectivity index (χ3n) is 3.74. The summed E-state index contributed by atoms with van der Waals surface area (Å²) < 4.78 is 37.5. The zero-order valence-corrected chi connectivity index (χ0v) is 13.8. The second-order valence-electron chi connectivity index (χ2n) is 5.64. The van der Waals surface area contributed by atoms with Crippen LogP contribution in [0.1, 0.15) is 17.0 Å². The number of hydrogen-bond donors (Lipinski definition) is 1. The molecule has 132 valence electrons. The minimum absolute atomic E-state index is 0.00928. The summed E-state index contributed by atoms with van der Waals surface area (Å²) in [6.07, 6.45) is -4.61. The van der Waals surface area contributed by atoms with Crippen LogP contribution in [0.4, 0.5) is 24.0 Å². The molecule has 2 heterocycles. The number of carbonyl (C=O) groups is 2. The monoisotopic (exact) mass is 370 g/mol. The van der Waals surface area contributed by atoms with Gasteiger partial charge in [-0.15, -0.1) is 10.2 Å². The van der Waals surface area contributed by atoms with Crippen molar-refractivity contribution < 1.29 is 22.8 Å². The van der Waals surface area contributed by atoms with Crippen molar-refractivity contribution in [2.45, 2.75) is 19.5 Å². The number of anilines is 2. The quantitative estimate of drug-likeness (QED) is 0.902. The molecule has 0 bridgehead atoms. The van der Waals surface area contributed by atoms with Crippen molar-refractivity contribution in [1.29, 1.82) is 0 Å². The number of aromatic nitrogens is 2. The lowest BCUT2D eigenvalue weighted by molar-refractivity contribution is -0.138. The number of carbonyl (C=O) groups excluding carboxylic acids is 2. The summed E-state index contributed by atoms with van der Waals surface area (Å²) in [6.45, 7) is 2.09. The molecule has 0 aliphatic carbocycles. The van der Waals surface area contributed by atoms with E-state index in [1.807, 2.05) is 19.1 Å². The van der Waals surface area contributed by atoms with Crippen LogP contribution >= 0.6 is 11.3 Å². The van der Waals surface area contributed by atoms with Crippen LogP contribution in [0.25, 0.3) is 0 Å². The van der Waals surface area contributed by atoms with Crippen LogP contribution in [0.15, 0.2) is 24.3 Å². The molecule has 6 nitrogen and oxygen atoms in total. The Kier molecular flexibility index (Phi) is 4.46. The van der Waals surface area contributed by atoms with Crippen LogP contribution in [-0.4, -0.2) is 28.6 Å². The predicted octanol–water partition coefficient (Wildman–Crippen LogP) is 2.86. The van der Waals surface area contributed by atoms with Crippen LogP contribution in [0.5, 0.6) is 0 Å². The molecule has 1 N–H and O–H groups in total. The van der Waals surface area contributed by atoms with Crippen LogP contribution in [0.2, 0.25) is 0 Å². The lowest BCUT2D eigenvalue weighted by Gasteiger charge is -2.16. The van der Waals surface area contributed by atoms with Crippen molar-refractivity contribution in [3.05, 3.63) is 34.8 Å². The fourth-order valence-electron chi connectivity index (χ4n) is 2.45. The van der Waals surface area contributed by atoms with Gasteiger partial charge < -0.3 is 10.2 Å². The number of amides is 2. The molecule has 25 heavy (non-hydrogen) atoms. The van der Waals surface area contributed by atoms with Crippen molar-refractivity contribution in [1.82, 2.24) is 10.2 Å². The Hall–Kier alpha value is -2.49. The predicted molar refractivity (Wildman–Crippen MR) is 85.2 cm³/mol. The minimum atomic E-state index is -4.60. The molecule has 1 aliphatic rings. The first kappa shape index (κ1) is 17.3. The van der Waals surface area contributed by atoms with E-state index in [9.17, 15) is 22.8 Å². The fourth-order valence-corrected chi connectivity index (χ4v) is 3.07. The van der Waals surface area contributed by atoms with Gasteiger partial charge in [-0.2, -0.15) is 13.2 Å². The molecule has 1 fully saturated rings. The summed E-state index contributed by atoms with van der Waals surface area (Å²) in [6, 6.07) is 7.29. The van der Waals surface area contributed by atoms with E-state index in [1.165, 1.54) is 4.90 Å². The van der Waals surface area contributed by atoms with Gasteiger partial charge in [-0.05, 0) is 19.1 Å². The van der Waals surface area contributed by atoms with Gasteiger partial charge in [0.1, 0.15) is 0 Å². The summed E-state index contributed by atoms with van der Waals surface area (Å²) in [5.74, 6) is -1.42. The molecule has 1 aliphatic heterocycles. The molecule has 10 heteroatoms. The SMILES string of the molecule is Cc1ccc(N2CC(C(=O)Nc3nnc(C(F)(F)F)s3)CC2=O)cc1. The third-order valence-corrected chi connectivity index (χ3v) is 4.62. The van der Waals surface area contributed by atoms with Crippen molar-refractivity contribution in [3.63, 3.8) is 0 Å². The second-order valence-corrected chi connectivity index (χ2v) is 6.62. The molecule has 1 saturated heterocycles. The van der Waals surface area contributed by atoms with E-state index in [1.54, 1.807) is 12.1 Å². The summed E-state index contributed by atoms with van der Waals surface area (Å²) in [5, 5.41) is 7.26. The standard InChI is InChI=1S/C15H13F3N4O2S/c1-8-2-4-10(5-3-8)22-7-9(6-11(22)23)12(24)19-14-21-20-13(25-14)15(16,17)18/h2-5,9H,6-7H2,1H3,(H,19,21,24). The van der Waals surface area contributed by atoms with Gasteiger partial charge >= 0.3 is 6.18 Å². The summed E-state index contributed by atoms with van der Waals surface area (Å²) in [7, 11) is 0. The van der Waals surface area contributed by atoms with Crippen LogP contribution in [0.3, 0.4) is 0 Å². The summed E-state index contributed by atoms with van der Waals surface area (Å²) in [5.41, 5.74) is 1.72. The van der Waals surface area contributed by atoms with Crippen LogP contribution in [-0.2, 0) is 15.8 Å². The van der Waals surface area contributed by atoms with Gasteiger partial charge in [0, 0.05) is 18.7 Å². The van der Waals surface area contributed by atoms with Gasteiger partial charge in [0.25, 0.3) is 0 Å².